The first kappa shape index (κ1) is 26.2. The molecule has 35 heavy (non-hydrogen) atoms. The zero-order valence-corrected chi connectivity index (χ0v) is 21.4. The van der Waals surface area contributed by atoms with Gasteiger partial charge in [0.2, 0.25) is 19.3 Å². The average Bonchev–Trinajstić information content (AvgIpc) is 3.31. The van der Waals surface area contributed by atoms with Crippen molar-refractivity contribution in [3.63, 3.8) is 0 Å². The lowest BCUT2D eigenvalue weighted by atomic mass is 10.1. The molecule has 0 spiro atoms. The number of methoxy groups -OCH3 is 1. The molecule has 0 aliphatic heterocycles. The molecular formula is C23H21ClN4O5S2. The standard InChI is InChI=1S/C23H21ClN4O5S2/c1-4-35(30,31)23-28-27-22(34-23)26-21(29)17(12-25)9-16-10-18(24)20(19(11-16)32-3)33-13-15-7-5-14(2)6-8-15/h5-11H,4,13H2,1-3H3,(H,26,27,29)/b17-9-. The molecule has 0 aliphatic carbocycles. The van der Waals surface area contributed by atoms with E-state index in [1.807, 2.05) is 37.3 Å². The molecule has 0 saturated carbocycles. The molecule has 0 bridgehead atoms. The Labute approximate surface area is 211 Å². The summed E-state index contributed by atoms with van der Waals surface area (Å²) in [6.45, 7) is 3.74. The zero-order valence-electron chi connectivity index (χ0n) is 19.0. The molecule has 0 atom stereocenters. The van der Waals surface area contributed by atoms with Gasteiger partial charge in [0.15, 0.2) is 11.5 Å². The number of aryl methyl sites for hydroxylation is 1. The van der Waals surface area contributed by atoms with Crippen LogP contribution in [0.4, 0.5) is 5.13 Å². The van der Waals surface area contributed by atoms with Gasteiger partial charge in [-0.2, -0.15) is 5.26 Å². The number of nitrogens with zero attached hydrogens (tertiary/aromatic N) is 3. The van der Waals surface area contributed by atoms with Gasteiger partial charge in [-0.1, -0.05) is 59.7 Å². The number of aromatic nitrogens is 2. The molecule has 0 unspecified atom stereocenters. The molecule has 0 fully saturated rings. The van der Waals surface area contributed by atoms with Gasteiger partial charge in [0, 0.05) is 0 Å². The topological polar surface area (TPSA) is 131 Å². The Morgan fingerprint density at radius 2 is 1.97 bits per heavy atom. The van der Waals surface area contributed by atoms with Crippen LogP contribution in [0.2, 0.25) is 5.02 Å². The van der Waals surface area contributed by atoms with Gasteiger partial charge in [0.05, 0.1) is 17.9 Å². The minimum atomic E-state index is -3.56. The maximum absolute atomic E-state index is 12.6. The van der Waals surface area contributed by atoms with Gasteiger partial charge in [-0.05, 0) is 36.3 Å². The van der Waals surface area contributed by atoms with E-state index in [0.29, 0.717) is 28.4 Å². The smallest absolute Gasteiger partial charge is 0.268 e. The maximum atomic E-state index is 12.6. The number of sulfone groups is 1. The number of carbonyl (C=O) groups is 1. The van der Waals surface area contributed by atoms with E-state index in [4.69, 9.17) is 21.1 Å². The Hall–Kier alpha value is -3.46. The van der Waals surface area contributed by atoms with Gasteiger partial charge in [0.25, 0.3) is 5.91 Å². The van der Waals surface area contributed by atoms with Crippen molar-refractivity contribution in [3.8, 4) is 17.6 Å². The predicted octanol–water partition coefficient (Wildman–Crippen LogP) is 4.43. The van der Waals surface area contributed by atoms with E-state index in [1.165, 1.54) is 26.2 Å². The number of amides is 1. The van der Waals surface area contributed by atoms with Crippen molar-refractivity contribution in [2.75, 3.05) is 18.2 Å². The molecule has 0 radical (unpaired) electrons. The van der Waals surface area contributed by atoms with Crippen LogP contribution < -0.4 is 14.8 Å². The summed E-state index contributed by atoms with van der Waals surface area (Å²) in [6.07, 6.45) is 1.32. The fourth-order valence-corrected chi connectivity index (χ4v) is 5.05. The van der Waals surface area contributed by atoms with Crippen LogP contribution in [0.15, 0.2) is 46.3 Å². The molecule has 9 nitrogen and oxygen atoms in total. The first-order chi connectivity index (χ1) is 16.7. The maximum Gasteiger partial charge on any atom is 0.268 e. The molecular weight excluding hydrogens is 512 g/mol. The number of hydrogen-bond acceptors (Lipinski definition) is 9. The van der Waals surface area contributed by atoms with Crippen molar-refractivity contribution < 1.29 is 22.7 Å². The fraction of sp³-hybridized carbons (Fsp3) is 0.217. The Morgan fingerprint density at radius 3 is 2.60 bits per heavy atom. The lowest BCUT2D eigenvalue weighted by molar-refractivity contribution is -0.112. The van der Waals surface area contributed by atoms with Crippen LogP contribution in [0.25, 0.3) is 6.08 Å². The SMILES string of the molecule is CCS(=O)(=O)c1nnc(NC(=O)/C(C#N)=C\c2cc(Cl)c(OCc3ccc(C)cc3)c(OC)c2)s1. The molecule has 3 aromatic rings. The molecule has 1 heterocycles. The molecule has 1 aromatic heterocycles. The molecule has 0 saturated heterocycles. The fourth-order valence-electron chi connectivity index (χ4n) is 2.79. The summed E-state index contributed by atoms with van der Waals surface area (Å²) >= 11 is 7.11. The Balaban J connectivity index is 1.79. The second-order valence-electron chi connectivity index (χ2n) is 7.21. The number of anilines is 1. The van der Waals surface area contributed by atoms with Gasteiger partial charge in [-0.3, -0.25) is 10.1 Å². The largest absolute Gasteiger partial charge is 0.493 e. The summed E-state index contributed by atoms with van der Waals surface area (Å²) in [5.41, 5.74) is 2.25. The Kier molecular flexibility index (Phi) is 8.45. The summed E-state index contributed by atoms with van der Waals surface area (Å²) in [4.78, 5) is 12.6. The van der Waals surface area contributed by atoms with Crippen LogP contribution in [0, 0.1) is 18.3 Å². The molecule has 1 N–H and O–H groups in total. The highest BCUT2D eigenvalue weighted by atomic mass is 35.5. The van der Waals surface area contributed by atoms with Gasteiger partial charge >= 0.3 is 0 Å². The van der Waals surface area contributed by atoms with Crippen LogP contribution in [0.1, 0.15) is 23.6 Å². The zero-order chi connectivity index (χ0) is 25.6. The second kappa shape index (κ2) is 11.3. The number of benzene rings is 2. The van der Waals surface area contributed by atoms with E-state index in [9.17, 15) is 18.5 Å². The molecule has 1 amide bonds. The van der Waals surface area contributed by atoms with Crippen molar-refractivity contribution >= 4 is 49.9 Å². The number of hydrogen-bond donors (Lipinski definition) is 1. The highest BCUT2D eigenvalue weighted by molar-refractivity contribution is 7.93. The number of rotatable bonds is 9. The summed E-state index contributed by atoms with van der Waals surface area (Å²) in [5, 5.41) is 19.3. The first-order valence-corrected chi connectivity index (χ1v) is 13.1. The van der Waals surface area contributed by atoms with Gasteiger partial charge in [-0.25, -0.2) is 8.42 Å². The normalized spacial score (nSPS) is 11.6. The van der Waals surface area contributed by atoms with Crippen molar-refractivity contribution in [3.05, 3.63) is 63.7 Å². The number of nitrogens with one attached hydrogen (secondary N) is 1. The van der Waals surface area contributed by atoms with E-state index in [2.05, 4.69) is 15.5 Å². The van der Waals surface area contributed by atoms with Crippen LogP contribution >= 0.6 is 22.9 Å². The minimum Gasteiger partial charge on any atom is -0.493 e. The molecule has 12 heteroatoms. The van der Waals surface area contributed by atoms with Gasteiger partial charge in [-0.15, -0.1) is 10.2 Å². The summed E-state index contributed by atoms with van der Waals surface area (Å²) < 4.78 is 34.8. The number of halogens is 1. The van der Waals surface area contributed by atoms with E-state index in [1.54, 1.807) is 6.07 Å². The first-order valence-electron chi connectivity index (χ1n) is 10.2. The van der Waals surface area contributed by atoms with E-state index in [-0.39, 0.29) is 32.4 Å². The summed E-state index contributed by atoms with van der Waals surface area (Å²) in [7, 11) is -2.10. The lowest BCUT2D eigenvalue weighted by Gasteiger charge is -2.14. The summed E-state index contributed by atoms with van der Waals surface area (Å²) in [6, 6.07) is 12.8. The lowest BCUT2D eigenvalue weighted by Crippen LogP contribution is -2.13. The number of carbonyl (C=O) groups excluding carboxylic acids is 1. The summed E-state index contributed by atoms with van der Waals surface area (Å²) in [5.74, 6) is -0.272. The third-order valence-electron chi connectivity index (χ3n) is 4.70. The third-order valence-corrected chi connectivity index (χ3v) is 8.00. The Morgan fingerprint density at radius 1 is 1.26 bits per heavy atom. The van der Waals surface area contributed by atoms with Crippen LogP contribution in [0.5, 0.6) is 11.5 Å². The highest BCUT2D eigenvalue weighted by Crippen LogP contribution is 2.37. The molecule has 0 aliphatic rings. The number of nitriles is 1. The van der Waals surface area contributed by atoms with Crippen LogP contribution in [-0.2, 0) is 21.2 Å². The van der Waals surface area contributed by atoms with Crippen LogP contribution in [0.3, 0.4) is 0 Å². The second-order valence-corrected chi connectivity index (χ2v) is 11.0. The highest BCUT2D eigenvalue weighted by Gasteiger charge is 2.20. The van der Waals surface area contributed by atoms with Crippen molar-refractivity contribution in [1.82, 2.24) is 10.2 Å². The quantitative estimate of drug-likeness (QED) is 0.243. The van der Waals surface area contributed by atoms with Crippen molar-refractivity contribution in [2.45, 2.75) is 24.8 Å². The molecule has 182 valence electrons. The van der Waals surface area contributed by atoms with Crippen molar-refractivity contribution in [1.29, 1.82) is 5.26 Å². The van der Waals surface area contributed by atoms with E-state index in [0.717, 1.165) is 11.1 Å². The van der Waals surface area contributed by atoms with Crippen LogP contribution in [-0.4, -0.2) is 37.4 Å². The number of ether oxygens (including phenoxy) is 2. The van der Waals surface area contributed by atoms with E-state index >= 15 is 0 Å². The van der Waals surface area contributed by atoms with Gasteiger partial charge in [0.1, 0.15) is 18.2 Å². The Bertz CT molecular complexity index is 1410. The minimum absolute atomic E-state index is 0.0429. The molecule has 3 rings (SSSR count). The van der Waals surface area contributed by atoms with Gasteiger partial charge < -0.3 is 9.47 Å². The predicted molar refractivity (Wildman–Crippen MR) is 133 cm³/mol. The van der Waals surface area contributed by atoms with E-state index < -0.39 is 15.7 Å². The average molecular weight is 533 g/mol. The molecule has 2 aromatic carbocycles. The van der Waals surface area contributed by atoms with Crippen molar-refractivity contribution in [2.24, 2.45) is 0 Å². The monoisotopic (exact) mass is 532 g/mol. The third kappa shape index (κ3) is 6.57.